The SMILES string of the molecule is [NH3+]CCCCCc1nnc(S(=O)(=O)CC(=O)Nc2ccc(Br)cc2)o1. The van der Waals surface area contributed by atoms with E-state index in [0.717, 1.165) is 30.3 Å². The molecule has 1 amide bonds. The lowest BCUT2D eigenvalue weighted by atomic mass is 10.2. The van der Waals surface area contributed by atoms with Crippen LogP contribution in [0, 0.1) is 0 Å². The number of amides is 1. The number of carbonyl (C=O) groups is 1. The predicted molar refractivity (Wildman–Crippen MR) is 94.4 cm³/mol. The molecular weight excluding hydrogens is 412 g/mol. The summed E-state index contributed by atoms with van der Waals surface area (Å²) in [5.74, 6) is -1.17. The second kappa shape index (κ2) is 9.07. The minimum atomic E-state index is -3.97. The standard InChI is InChI=1S/C15H19BrN4O4S/c16-11-5-7-12(8-6-11)18-13(21)10-25(22,23)15-20-19-14(24-15)4-2-1-3-9-17/h5-8H,1-4,9-10,17H2,(H,18,21)/p+1. The van der Waals surface area contributed by atoms with Crippen molar-refractivity contribution >= 4 is 37.4 Å². The highest BCUT2D eigenvalue weighted by Gasteiger charge is 2.26. The van der Waals surface area contributed by atoms with E-state index in [9.17, 15) is 13.2 Å². The van der Waals surface area contributed by atoms with Crippen LogP contribution in [0.3, 0.4) is 0 Å². The van der Waals surface area contributed by atoms with E-state index in [2.05, 4.69) is 37.2 Å². The highest BCUT2D eigenvalue weighted by atomic mass is 79.9. The van der Waals surface area contributed by atoms with Crippen molar-refractivity contribution in [3.05, 3.63) is 34.6 Å². The number of quaternary nitrogens is 1. The van der Waals surface area contributed by atoms with Crippen LogP contribution in [0.1, 0.15) is 25.2 Å². The third-order valence-electron chi connectivity index (χ3n) is 3.30. The fourth-order valence-electron chi connectivity index (χ4n) is 2.06. The normalized spacial score (nSPS) is 11.4. The Balaban J connectivity index is 1.93. The van der Waals surface area contributed by atoms with Crippen molar-refractivity contribution in [2.75, 3.05) is 17.6 Å². The molecule has 0 spiro atoms. The van der Waals surface area contributed by atoms with E-state index in [1.54, 1.807) is 24.3 Å². The van der Waals surface area contributed by atoms with Crippen molar-refractivity contribution < 1.29 is 23.4 Å². The average Bonchev–Trinajstić information content (AvgIpc) is 3.03. The zero-order valence-electron chi connectivity index (χ0n) is 13.6. The van der Waals surface area contributed by atoms with Crippen LogP contribution < -0.4 is 11.1 Å². The Morgan fingerprint density at radius 3 is 2.56 bits per heavy atom. The number of rotatable bonds is 9. The molecule has 0 aliphatic heterocycles. The molecule has 0 saturated carbocycles. The molecule has 0 radical (unpaired) electrons. The first kappa shape index (κ1) is 19.5. The van der Waals surface area contributed by atoms with Crippen LogP contribution >= 0.6 is 15.9 Å². The third kappa shape index (κ3) is 6.22. The van der Waals surface area contributed by atoms with Crippen LogP contribution in [0.2, 0.25) is 0 Å². The van der Waals surface area contributed by atoms with Gasteiger partial charge in [0.05, 0.1) is 6.54 Å². The lowest BCUT2D eigenvalue weighted by Crippen LogP contribution is -2.50. The minimum Gasteiger partial charge on any atom is -0.413 e. The molecule has 0 aliphatic carbocycles. The van der Waals surface area contributed by atoms with Crippen LogP contribution in [0.25, 0.3) is 0 Å². The molecule has 4 N–H and O–H groups in total. The topological polar surface area (TPSA) is 130 Å². The van der Waals surface area contributed by atoms with Gasteiger partial charge in [-0.2, -0.15) is 0 Å². The summed E-state index contributed by atoms with van der Waals surface area (Å²) in [6, 6.07) is 6.79. The van der Waals surface area contributed by atoms with Gasteiger partial charge >= 0.3 is 5.22 Å². The number of anilines is 1. The maximum absolute atomic E-state index is 12.2. The first-order chi connectivity index (χ1) is 11.9. The van der Waals surface area contributed by atoms with E-state index in [0.29, 0.717) is 12.1 Å². The number of hydrogen-bond donors (Lipinski definition) is 2. The van der Waals surface area contributed by atoms with Gasteiger partial charge in [0, 0.05) is 16.6 Å². The second-order valence-corrected chi connectivity index (χ2v) is 8.22. The lowest BCUT2D eigenvalue weighted by Gasteiger charge is -2.04. The van der Waals surface area contributed by atoms with Crippen LogP contribution in [0.4, 0.5) is 5.69 Å². The molecule has 0 saturated heterocycles. The van der Waals surface area contributed by atoms with Crippen molar-refractivity contribution in [2.24, 2.45) is 0 Å². The van der Waals surface area contributed by atoms with Gasteiger partial charge in [0.1, 0.15) is 5.75 Å². The van der Waals surface area contributed by atoms with Gasteiger partial charge in [0.25, 0.3) is 0 Å². The molecule has 1 heterocycles. The van der Waals surface area contributed by atoms with Gasteiger partial charge in [-0.25, -0.2) is 8.42 Å². The van der Waals surface area contributed by atoms with E-state index in [-0.39, 0.29) is 5.89 Å². The summed E-state index contributed by atoms with van der Waals surface area (Å²) >= 11 is 3.28. The molecule has 0 unspecified atom stereocenters. The summed E-state index contributed by atoms with van der Waals surface area (Å²) in [5, 5.41) is 9.28. The largest absolute Gasteiger partial charge is 0.413 e. The molecule has 8 nitrogen and oxygen atoms in total. The Morgan fingerprint density at radius 2 is 1.88 bits per heavy atom. The Kier molecular flexibility index (Phi) is 7.09. The number of sulfone groups is 1. The minimum absolute atomic E-state index is 0.260. The van der Waals surface area contributed by atoms with Gasteiger partial charge in [-0.05, 0) is 43.5 Å². The molecule has 10 heteroatoms. The van der Waals surface area contributed by atoms with Crippen molar-refractivity contribution in [2.45, 2.75) is 30.9 Å². The number of aromatic nitrogens is 2. The van der Waals surface area contributed by atoms with Crippen LogP contribution in [0.15, 0.2) is 38.4 Å². The first-order valence-corrected chi connectivity index (χ1v) is 10.2. The van der Waals surface area contributed by atoms with Gasteiger partial charge in [0.15, 0.2) is 0 Å². The monoisotopic (exact) mass is 431 g/mol. The van der Waals surface area contributed by atoms with Gasteiger partial charge < -0.3 is 15.5 Å². The highest BCUT2D eigenvalue weighted by Crippen LogP contribution is 2.15. The highest BCUT2D eigenvalue weighted by molar-refractivity contribution is 9.10. The Bertz CT molecular complexity index is 805. The fourth-order valence-corrected chi connectivity index (χ4v) is 3.25. The number of hydrogen-bond acceptors (Lipinski definition) is 6. The fraction of sp³-hybridized carbons (Fsp3) is 0.400. The molecule has 0 atom stereocenters. The van der Waals surface area contributed by atoms with Crippen molar-refractivity contribution in [3.8, 4) is 0 Å². The maximum Gasteiger partial charge on any atom is 0.336 e. The van der Waals surface area contributed by atoms with E-state index in [1.165, 1.54) is 0 Å². The molecule has 136 valence electrons. The molecule has 2 rings (SSSR count). The summed E-state index contributed by atoms with van der Waals surface area (Å²) in [4.78, 5) is 11.9. The van der Waals surface area contributed by atoms with Gasteiger partial charge in [-0.3, -0.25) is 4.79 Å². The predicted octanol–water partition coefficient (Wildman–Crippen LogP) is 1.20. The summed E-state index contributed by atoms with van der Waals surface area (Å²) < 4.78 is 30.4. The zero-order chi connectivity index (χ0) is 18.3. The first-order valence-electron chi connectivity index (χ1n) is 7.80. The number of halogens is 1. The third-order valence-corrected chi connectivity index (χ3v) is 5.17. The summed E-state index contributed by atoms with van der Waals surface area (Å²) in [5.41, 5.74) is 4.26. The molecule has 0 bridgehead atoms. The molecule has 0 fully saturated rings. The van der Waals surface area contributed by atoms with E-state index < -0.39 is 26.7 Å². The number of aryl methyl sites for hydroxylation is 1. The molecule has 2 aromatic rings. The van der Waals surface area contributed by atoms with Gasteiger partial charge in [0.2, 0.25) is 21.6 Å². The quantitative estimate of drug-likeness (QED) is 0.573. The molecule has 25 heavy (non-hydrogen) atoms. The Hall–Kier alpha value is -1.78. The molecule has 0 aliphatic rings. The molecular formula is C15H20BrN4O4S+. The zero-order valence-corrected chi connectivity index (χ0v) is 16.0. The Labute approximate surface area is 154 Å². The van der Waals surface area contributed by atoms with Gasteiger partial charge in [-0.1, -0.05) is 21.0 Å². The van der Waals surface area contributed by atoms with E-state index >= 15 is 0 Å². The van der Waals surface area contributed by atoms with Crippen LogP contribution in [-0.4, -0.2) is 36.8 Å². The number of unbranched alkanes of at least 4 members (excludes halogenated alkanes) is 2. The van der Waals surface area contributed by atoms with Crippen molar-refractivity contribution in [1.82, 2.24) is 10.2 Å². The number of carbonyl (C=O) groups excluding carboxylic acids is 1. The summed E-state index contributed by atoms with van der Waals surface area (Å²) in [6.45, 7) is 0.858. The smallest absolute Gasteiger partial charge is 0.336 e. The Morgan fingerprint density at radius 1 is 1.16 bits per heavy atom. The number of nitrogens with zero attached hydrogens (tertiary/aromatic N) is 2. The van der Waals surface area contributed by atoms with Crippen molar-refractivity contribution in [3.63, 3.8) is 0 Å². The average molecular weight is 432 g/mol. The maximum atomic E-state index is 12.2. The molecule has 1 aromatic carbocycles. The van der Waals surface area contributed by atoms with E-state index in [4.69, 9.17) is 4.42 Å². The summed E-state index contributed by atoms with van der Waals surface area (Å²) in [7, 11) is -3.97. The van der Waals surface area contributed by atoms with Gasteiger partial charge in [-0.15, -0.1) is 5.10 Å². The lowest BCUT2D eigenvalue weighted by molar-refractivity contribution is -0.368. The molecule has 1 aromatic heterocycles. The van der Waals surface area contributed by atoms with Crippen LogP contribution in [0.5, 0.6) is 0 Å². The number of nitrogens with one attached hydrogen (secondary N) is 1. The summed E-state index contributed by atoms with van der Waals surface area (Å²) in [6.07, 6.45) is 3.29. The number of benzene rings is 1. The van der Waals surface area contributed by atoms with Crippen LogP contribution in [-0.2, 0) is 21.1 Å². The van der Waals surface area contributed by atoms with Crippen molar-refractivity contribution in [1.29, 1.82) is 0 Å². The second-order valence-electron chi connectivity index (χ2n) is 5.44. The van der Waals surface area contributed by atoms with E-state index in [1.807, 2.05) is 0 Å².